The van der Waals surface area contributed by atoms with Crippen LogP contribution in [0.25, 0.3) is 4.96 Å². The first-order chi connectivity index (χ1) is 12.4. The Bertz CT molecular complexity index is 960. The Hall–Kier alpha value is -1.36. The number of sulfone groups is 1. The Labute approximate surface area is 156 Å². The van der Waals surface area contributed by atoms with Crippen LogP contribution in [0.1, 0.15) is 24.0 Å². The zero-order chi connectivity index (χ0) is 18.3. The molecule has 0 N–H and O–H groups in total. The van der Waals surface area contributed by atoms with E-state index >= 15 is 0 Å². The Kier molecular flexibility index (Phi) is 4.84. The first-order valence-electron chi connectivity index (χ1n) is 8.99. The van der Waals surface area contributed by atoms with Crippen molar-refractivity contribution in [3.05, 3.63) is 27.1 Å². The van der Waals surface area contributed by atoms with Crippen molar-refractivity contribution < 1.29 is 8.42 Å². The maximum atomic E-state index is 12.2. The van der Waals surface area contributed by atoms with Gasteiger partial charge in [-0.2, -0.15) is 9.61 Å². The molecule has 0 radical (unpaired) electrons. The van der Waals surface area contributed by atoms with Crippen LogP contribution in [0, 0.1) is 0 Å². The fourth-order valence-corrected chi connectivity index (χ4v) is 6.32. The van der Waals surface area contributed by atoms with Crippen molar-refractivity contribution in [3.63, 3.8) is 0 Å². The van der Waals surface area contributed by atoms with Gasteiger partial charge in [0.2, 0.25) is 4.96 Å². The molecule has 2 saturated heterocycles. The highest BCUT2D eigenvalue weighted by molar-refractivity contribution is 7.91. The summed E-state index contributed by atoms with van der Waals surface area (Å²) in [5, 5.41) is 5.18. The minimum absolute atomic E-state index is 0.129. The van der Waals surface area contributed by atoms with E-state index in [2.05, 4.69) is 19.9 Å². The molecule has 1 atom stereocenters. The van der Waals surface area contributed by atoms with Gasteiger partial charge in [0.05, 0.1) is 17.2 Å². The van der Waals surface area contributed by atoms with Gasteiger partial charge >= 0.3 is 0 Å². The van der Waals surface area contributed by atoms with Crippen LogP contribution in [0.2, 0.25) is 0 Å². The van der Waals surface area contributed by atoms with Gasteiger partial charge in [-0.15, -0.1) is 0 Å². The van der Waals surface area contributed by atoms with Crippen LogP contribution in [0.3, 0.4) is 0 Å². The van der Waals surface area contributed by atoms with Gasteiger partial charge in [0, 0.05) is 44.8 Å². The molecule has 10 heteroatoms. The van der Waals surface area contributed by atoms with E-state index in [4.69, 9.17) is 0 Å². The van der Waals surface area contributed by atoms with E-state index < -0.39 is 9.84 Å². The Balaban J connectivity index is 1.40. The number of aryl methyl sites for hydroxylation is 1. The lowest BCUT2D eigenvalue weighted by Gasteiger charge is -2.37. The van der Waals surface area contributed by atoms with Crippen LogP contribution in [-0.2, 0) is 22.8 Å². The minimum Gasteiger partial charge on any atom is -0.297 e. The molecule has 2 aromatic heterocycles. The second-order valence-corrected chi connectivity index (χ2v) is 10.3. The molecule has 8 nitrogen and oxygen atoms in total. The monoisotopic (exact) mass is 397 g/mol. The second-order valence-electron chi connectivity index (χ2n) is 7.00. The van der Waals surface area contributed by atoms with Gasteiger partial charge in [-0.3, -0.25) is 14.6 Å². The van der Waals surface area contributed by atoms with E-state index in [-0.39, 0.29) is 11.6 Å². The minimum atomic E-state index is -2.84. The lowest BCUT2D eigenvalue weighted by atomic mass is 10.2. The van der Waals surface area contributed by atoms with Gasteiger partial charge < -0.3 is 0 Å². The van der Waals surface area contributed by atoms with E-state index in [0.29, 0.717) is 23.0 Å². The fourth-order valence-electron chi connectivity index (χ4n) is 3.70. The van der Waals surface area contributed by atoms with Crippen molar-refractivity contribution in [1.82, 2.24) is 24.4 Å². The SMILES string of the molecule is CCc1nn2c(=O)cc(CN3CCN(C4CCS(=O)(=O)C4)CC3)nc2s1. The van der Waals surface area contributed by atoms with Gasteiger partial charge in [0.1, 0.15) is 5.01 Å². The molecular formula is C16H23N5O3S2. The smallest absolute Gasteiger partial charge is 0.275 e. The van der Waals surface area contributed by atoms with Gasteiger partial charge in [0.25, 0.3) is 5.56 Å². The molecule has 4 heterocycles. The zero-order valence-corrected chi connectivity index (χ0v) is 16.4. The molecule has 1 unspecified atom stereocenters. The number of fused-ring (bicyclic) bond motifs is 1. The van der Waals surface area contributed by atoms with Gasteiger partial charge in [0.15, 0.2) is 9.84 Å². The molecule has 0 amide bonds. The van der Waals surface area contributed by atoms with Crippen LogP contribution in [-0.4, -0.2) is 76.5 Å². The molecule has 142 valence electrons. The summed E-state index contributed by atoms with van der Waals surface area (Å²) in [6.45, 7) is 6.10. The van der Waals surface area contributed by atoms with Gasteiger partial charge in [-0.1, -0.05) is 18.3 Å². The predicted molar refractivity (Wildman–Crippen MR) is 100 cm³/mol. The van der Waals surface area contributed by atoms with E-state index in [1.54, 1.807) is 6.07 Å². The third kappa shape index (κ3) is 3.68. The van der Waals surface area contributed by atoms with E-state index in [1.165, 1.54) is 15.9 Å². The molecule has 26 heavy (non-hydrogen) atoms. The van der Waals surface area contributed by atoms with Gasteiger partial charge in [-0.05, 0) is 12.8 Å². The predicted octanol–water partition coefficient (Wildman–Crippen LogP) is 0.0181. The van der Waals surface area contributed by atoms with Crippen molar-refractivity contribution in [3.8, 4) is 0 Å². The van der Waals surface area contributed by atoms with E-state index in [1.807, 2.05) is 6.92 Å². The summed E-state index contributed by atoms with van der Waals surface area (Å²) >= 11 is 1.46. The average molecular weight is 398 g/mol. The van der Waals surface area contributed by atoms with E-state index in [0.717, 1.165) is 49.7 Å². The normalized spacial score (nSPS) is 24.4. The number of piperazine rings is 1. The van der Waals surface area contributed by atoms with Crippen LogP contribution in [0.15, 0.2) is 10.9 Å². The molecule has 0 aliphatic carbocycles. The molecule has 0 aromatic carbocycles. The topological polar surface area (TPSA) is 87.9 Å². The summed E-state index contributed by atoms with van der Waals surface area (Å²) < 4.78 is 24.7. The average Bonchev–Trinajstić information content (AvgIpc) is 3.19. The van der Waals surface area contributed by atoms with Crippen molar-refractivity contribution in [2.75, 3.05) is 37.7 Å². The summed E-state index contributed by atoms with van der Waals surface area (Å²) in [5.74, 6) is 0.619. The number of rotatable bonds is 4. The molecule has 0 bridgehead atoms. The molecule has 2 aliphatic heterocycles. The van der Waals surface area contributed by atoms with Crippen molar-refractivity contribution in [1.29, 1.82) is 0 Å². The van der Waals surface area contributed by atoms with Crippen LogP contribution < -0.4 is 5.56 Å². The van der Waals surface area contributed by atoms with Crippen LogP contribution in [0.4, 0.5) is 0 Å². The van der Waals surface area contributed by atoms with Crippen molar-refractivity contribution in [2.45, 2.75) is 32.4 Å². The summed E-state index contributed by atoms with van der Waals surface area (Å²) in [5.41, 5.74) is 0.647. The summed E-state index contributed by atoms with van der Waals surface area (Å²) in [6.07, 6.45) is 1.55. The first-order valence-corrected chi connectivity index (χ1v) is 11.6. The first kappa shape index (κ1) is 18.0. The Morgan fingerprint density at radius 1 is 1.27 bits per heavy atom. The molecule has 0 spiro atoms. The maximum absolute atomic E-state index is 12.2. The quantitative estimate of drug-likeness (QED) is 0.719. The number of hydrogen-bond acceptors (Lipinski definition) is 8. The zero-order valence-electron chi connectivity index (χ0n) is 14.8. The largest absolute Gasteiger partial charge is 0.297 e. The summed E-state index contributed by atoms with van der Waals surface area (Å²) in [7, 11) is -2.84. The number of nitrogens with zero attached hydrogens (tertiary/aromatic N) is 5. The summed E-state index contributed by atoms with van der Waals surface area (Å²) in [6, 6.07) is 1.74. The second kappa shape index (κ2) is 6.99. The lowest BCUT2D eigenvalue weighted by Crippen LogP contribution is -2.50. The third-order valence-corrected chi connectivity index (χ3v) is 7.96. The standard InChI is InChI=1S/C16H23N5O3S2/c1-2-14-18-21-15(22)9-12(17-16(21)25-14)10-19-4-6-20(7-5-19)13-3-8-26(23,24)11-13/h9,13H,2-8,10-11H2,1H3. The number of hydrogen-bond donors (Lipinski definition) is 0. The molecule has 2 aromatic rings. The summed E-state index contributed by atoms with van der Waals surface area (Å²) in [4.78, 5) is 22.1. The highest BCUT2D eigenvalue weighted by Gasteiger charge is 2.33. The van der Waals surface area contributed by atoms with Crippen molar-refractivity contribution >= 4 is 26.1 Å². The Morgan fingerprint density at radius 3 is 2.69 bits per heavy atom. The van der Waals surface area contributed by atoms with E-state index in [9.17, 15) is 13.2 Å². The Morgan fingerprint density at radius 2 is 2.04 bits per heavy atom. The van der Waals surface area contributed by atoms with Crippen molar-refractivity contribution in [2.24, 2.45) is 0 Å². The maximum Gasteiger partial charge on any atom is 0.275 e. The molecule has 2 aliphatic rings. The molecular weight excluding hydrogens is 374 g/mol. The third-order valence-electron chi connectivity index (χ3n) is 5.16. The molecule has 0 saturated carbocycles. The molecule has 2 fully saturated rings. The fraction of sp³-hybridized carbons (Fsp3) is 0.688. The van der Waals surface area contributed by atoms with Gasteiger partial charge in [-0.25, -0.2) is 13.4 Å². The lowest BCUT2D eigenvalue weighted by molar-refractivity contribution is 0.0992. The molecule has 4 rings (SSSR count). The number of aromatic nitrogens is 3. The highest BCUT2D eigenvalue weighted by atomic mass is 32.2. The van der Waals surface area contributed by atoms with Crippen LogP contribution >= 0.6 is 11.3 Å². The van der Waals surface area contributed by atoms with Crippen LogP contribution in [0.5, 0.6) is 0 Å². The highest BCUT2D eigenvalue weighted by Crippen LogP contribution is 2.20.